The number of rotatable bonds is 8. The van der Waals surface area contributed by atoms with Crippen molar-refractivity contribution in [2.75, 3.05) is 13.7 Å². The van der Waals surface area contributed by atoms with E-state index in [-0.39, 0.29) is 0 Å². The molecule has 0 saturated carbocycles. The smallest absolute Gasteiger partial charge is 0.123 e. The second-order valence-electron chi connectivity index (χ2n) is 4.94. The fourth-order valence-corrected chi connectivity index (χ4v) is 2.06. The van der Waals surface area contributed by atoms with Gasteiger partial charge in [0.05, 0.1) is 13.7 Å². The van der Waals surface area contributed by atoms with E-state index in [2.05, 4.69) is 18.3 Å². The third-order valence-corrected chi connectivity index (χ3v) is 3.23. The van der Waals surface area contributed by atoms with Gasteiger partial charge in [0.2, 0.25) is 0 Å². The van der Waals surface area contributed by atoms with Crippen LogP contribution in [0.3, 0.4) is 0 Å². The molecule has 0 aliphatic rings. The molecule has 0 amide bonds. The minimum absolute atomic E-state index is 0.496. The molecular weight excluding hydrogens is 266 g/mol. The standard InChI is InChI=1S/C17H23NO3/c1-4-8-18-11-17-9-14(13(2)21-17)12-20-16-7-5-6-15(10-16)19-3/h5-7,9-10,18H,4,8,11-12H2,1-3H3. The Kier molecular flexibility index (Phi) is 5.69. The highest BCUT2D eigenvalue weighted by Crippen LogP contribution is 2.21. The summed E-state index contributed by atoms with van der Waals surface area (Å²) in [4.78, 5) is 0. The van der Waals surface area contributed by atoms with Gasteiger partial charge in [-0.25, -0.2) is 0 Å². The molecule has 0 unspecified atom stereocenters. The summed E-state index contributed by atoms with van der Waals surface area (Å²) >= 11 is 0. The fraction of sp³-hybridized carbons (Fsp3) is 0.412. The zero-order valence-electron chi connectivity index (χ0n) is 12.9. The molecule has 4 nitrogen and oxygen atoms in total. The summed E-state index contributed by atoms with van der Waals surface area (Å²) < 4.78 is 16.7. The first kappa shape index (κ1) is 15.4. The number of ether oxygens (including phenoxy) is 2. The Hall–Kier alpha value is -1.94. The van der Waals surface area contributed by atoms with Crippen molar-refractivity contribution in [3.63, 3.8) is 0 Å². The number of hydrogen-bond donors (Lipinski definition) is 1. The average Bonchev–Trinajstić information content (AvgIpc) is 2.86. The van der Waals surface area contributed by atoms with Gasteiger partial charge >= 0.3 is 0 Å². The van der Waals surface area contributed by atoms with Crippen molar-refractivity contribution in [3.8, 4) is 11.5 Å². The van der Waals surface area contributed by atoms with Gasteiger partial charge in [-0.15, -0.1) is 0 Å². The number of methoxy groups -OCH3 is 1. The number of nitrogens with one attached hydrogen (secondary N) is 1. The lowest BCUT2D eigenvalue weighted by molar-refractivity contribution is 0.300. The van der Waals surface area contributed by atoms with Crippen LogP contribution in [0.5, 0.6) is 11.5 Å². The van der Waals surface area contributed by atoms with Gasteiger partial charge in [-0.05, 0) is 38.1 Å². The SMILES string of the molecule is CCCNCc1cc(COc2cccc(OC)c2)c(C)o1. The molecule has 1 aromatic carbocycles. The minimum atomic E-state index is 0.496. The molecule has 0 bridgehead atoms. The summed E-state index contributed by atoms with van der Waals surface area (Å²) in [7, 11) is 1.65. The summed E-state index contributed by atoms with van der Waals surface area (Å²) in [5, 5.41) is 3.33. The molecule has 1 heterocycles. The van der Waals surface area contributed by atoms with E-state index < -0.39 is 0 Å². The van der Waals surface area contributed by atoms with E-state index >= 15 is 0 Å². The maximum Gasteiger partial charge on any atom is 0.123 e. The Morgan fingerprint density at radius 1 is 1.19 bits per heavy atom. The lowest BCUT2D eigenvalue weighted by atomic mass is 10.2. The maximum atomic E-state index is 5.79. The molecule has 21 heavy (non-hydrogen) atoms. The zero-order chi connectivity index (χ0) is 15.1. The molecule has 2 aromatic rings. The van der Waals surface area contributed by atoms with Crippen LogP contribution in [0.15, 0.2) is 34.7 Å². The van der Waals surface area contributed by atoms with Crippen molar-refractivity contribution >= 4 is 0 Å². The Morgan fingerprint density at radius 2 is 2.00 bits per heavy atom. The third-order valence-electron chi connectivity index (χ3n) is 3.23. The van der Waals surface area contributed by atoms with Gasteiger partial charge in [0.15, 0.2) is 0 Å². The van der Waals surface area contributed by atoms with Crippen LogP contribution < -0.4 is 14.8 Å². The summed E-state index contributed by atoms with van der Waals surface area (Å²) in [5.74, 6) is 3.44. The maximum absolute atomic E-state index is 5.79. The van der Waals surface area contributed by atoms with Crippen molar-refractivity contribution in [3.05, 3.63) is 47.4 Å². The Balaban J connectivity index is 1.93. The molecule has 2 rings (SSSR count). The molecule has 0 aliphatic heterocycles. The van der Waals surface area contributed by atoms with Gasteiger partial charge in [0, 0.05) is 11.6 Å². The van der Waals surface area contributed by atoms with Crippen molar-refractivity contribution < 1.29 is 13.9 Å². The Bertz CT molecular complexity index is 563. The normalized spacial score (nSPS) is 10.6. The summed E-state index contributed by atoms with van der Waals surface area (Å²) in [6.07, 6.45) is 1.12. The molecule has 114 valence electrons. The first-order chi connectivity index (χ1) is 10.2. The molecule has 1 aromatic heterocycles. The highest BCUT2D eigenvalue weighted by Gasteiger charge is 2.08. The van der Waals surface area contributed by atoms with E-state index in [0.29, 0.717) is 6.61 Å². The van der Waals surface area contributed by atoms with E-state index in [1.165, 1.54) is 0 Å². The van der Waals surface area contributed by atoms with E-state index in [9.17, 15) is 0 Å². The van der Waals surface area contributed by atoms with Crippen LogP contribution in [-0.2, 0) is 13.2 Å². The topological polar surface area (TPSA) is 43.6 Å². The molecule has 0 spiro atoms. The molecule has 0 radical (unpaired) electrons. The quantitative estimate of drug-likeness (QED) is 0.753. The highest BCUT2D eigenvalue weighted by atomic mass is 16.5. The highest BCUT2D eigenvalue weighted by molar-refractivity contribution is 5.33. The molecule has 0 atom stereocenters. The van der Waals surface area contributed by atoms with E-state index in [1.54, 1.807) is 7.11 Å². The van der Waals surface area contributed by atoms with Crippen LogP contribution in [0.4, 0.5) is 0 Å². The van der Waals surface area contributed by atoms with Gasteiger partial charge in [-0.2, -0.15) is 0 Å². The van der Waals surface area contributed by atoms with Crippen molar-refractivity contribution in [1.29, 1.82) is 0 Å². The number of hydrogen-bond acceptors (Lipinski definition) is 4. The van der Waals surface area contributed by atoms with Gasteiger partial charge in [-0.1, -0.05) is 13.0 Å². The molecule has 0 aliphatic carbocycles. The Morgan fingerprint density at radius 3 is 2.76 bits per heavy atom. The fourth-order valence-electron chi connectivity index (χ4n) is 2.06. The predicted octanol–water partition coefficient (Wildman–Crippen LogP) is 3.68. The van der Waals surface area contributed by atoms with Gasteiger partial charge < -0.3 is 19.2 Å². The van der Waals surface area contributed by atoms with Crippen LogP contribution in [0.1, 0.15) is 30.4 Å². The van der Waals surface area contributed by atoms with Crippen LogP contribution in [-0.4, -0.2) is 13.7 Å². The Labute approximate surface area is 126 Å². The van der Waals surface area contributed by atoms with E-state index in [4.69, 9.17) is 13.9 Å². The molecule has 1 N–H and O–H groups in total. The van der Waals surface area contributed by atoms with Gasteiger partial charge in [0.25, 0.3) is 0 Å². The molecule has 4 heteroatoms. The van der Waals surface area contributed by atoms with Crippen LogP contribution in [0.25, 0.3) is 0 Å². The predicted molar refractivity (Wildman–Crippen MR) is 82.8 cm³/mol. The number of aryl methyl sites for hydroxylation is 1. The summed E-state index contributed by atoms with van der Waals surface area (Å²) in [6, 6.07) is 9.66. The van der Waals surface area contributed by atoms with Crippen LogP contribution in [0.2, 0.25) is 0 Å². The lowest BCUT2D eigenvalue weighted by Crippen LogP contribution is -2.13. The first-order valence-corrected chi connectivity index (χ1v) is 7.28. The summed E-state index contributed by atoms with van der Waals surface area (Å²) in [6.45, 7) is 6.36. The monoisotopic (exact) mass is 289 g/mol. The first-order valence-electron chi connectivity index (χ1n) is 7.28. The van der Waals surface area contributed by atoms with Crippen molar-refractivity contribution in [1.82, 2.24) is 5.32 Å². The van der Waals surface area contributed by atoms with Gasteiger partial charge in [-0.3, -0.25) is 0 Å². The molecule has 0 saturated heterocycles. The van der Waals surface area contributed by atoms with Crippen molar-refractivity contribution in [2.24, 2.45) is 0 Å². The second kappa shape index (κ2) is 7.74. The van der Waals surface area contributed by atoms with Crippen LogP contribution >= 0.6 is 0 Å². The van der Waals surface area contributed by atoms with Crippen LogP contribution in [0, 0.1) is 6.92 Å². The second-order valence-corrected chi connectivity index (χ2v) is 4.94. The third kappa shape index (κ3) is 4.53. The average molecular weight is 289 g/mol. The molecule has 0 fully saturated rings. The van der Waals surface area contributed by atoms with E-state index in [1.807, 2.05) is 31.2 Å². The number of benzene rings is 1. The zero-order valence-corrected chi connectivity index (χ0v) is 12.9. The van der Waals surface area contributed by atoms with Gasteiger partial charge in [0.1, 0.15) is 29.6 Å². The summed E-state index contributed by atoms with van der Waals surface area (Å²) in [5.41, 5.74) is 1.08. The lowest BCUT2D eigenvalue weighted by Gasteiger charge is -2.06. The minimum Gasteiger partial charge on any atom is -0.497 e. The number of furan rings is 1. The largest absolute Gasteiger partial charge is 0.497 e. The molecular formula is C17H23NO3. The van der Waals surface area contributed by atoms with E-state index in [0.717, 1.165) is 48.1 Å². The van der Waals surface area contributed by atoms with Crippen molar-refractivity contribution in [2.45, 2.75) is 33.4 Å².